The van der Waals surface area contributed by atoms with E-state index in [-0.39, 0.29) is 0 Å². The second-order valence-corrected chi connectivity index (χ2v) is 6.25. The summed E-state index contributed by atoms with van der Waals surface area (Å²) in [7, 11) is 0. The van der Waals surface area contributed by atoms with Gasteiger partial charge in [0.05, 0.1) is 0 Å². The molecule has 0 amide bonds. The van der Waals surface area contributed by atoms with Crippen LogP contribution in [-0.4, -0.2) is 12.1 Å². The van der Waals surface area contributed by atoms with E-state index in [4.69, 9.17) is 0 Å². The van der Waals surface area contributed by atoms with Gasteiger partial charge < -0.3 is 5.32 Å². The first-order chi connectivity index (χ1) is 9.88. The fraction of sp³-hybridized carbons (Fsp3) is 0.368. The molecule has 4 rings (SSSR count). The van der Waals surface area contributed by atoms with Crippen molar-refractivity contribution in [2.45, 2.75) is 44.2 Å². The number of benzene rings is 2. The van der Waals surface area contributed by atoms with Crippen LogP contribution in [0.5, 0.6) is 0 Å². The number of hydrogen-bond donors (Lipinski definition) is 1. The van der Waals surface area contributed by atoms with Gasteiger partial charge in [-0.15, -0.1) is 0 Å². The molecule has 1 nitrogen and oxygen atoms in total. The molecule has 2 bridgehead atoms. The molecule has 2 aliphatic heterocycles. The Kier molecular flexibility index (Phi) is 3.08. The molecule has 1 fully saturated rings. The van der Waals surface area contributed by atoms with Gasteiger partial charge in [0.1, 0.15) is 0 Å². The number of nitrogens with one attached hydrogen (secondary N) is 1. The minimum atomic E-state index is 0.632. The van der Waals surface area contributed by atoms with E-state index in [0.29, 0.717) is 6.04 Å². The zero-order valence-electron chi connectivity index (χ0n) is 11.8. The molecule has 2 aromatic carbocycles. The summed E-state index contributed by atoms with van der Waals surface area (Å²) >= 11 is 0. The van der Waals surface area contributed by atoms with Crippen molar-refractivity contribution in [1.82, 2.24) is 5.32 Å². The fourth-order valence-corrected chi connectivity index (χ4v) is 3.84. The van der Waals surface area contributed by atoms with Crippen LogP contribution < -0.4 is 5.32 Å². The van der Waals surface area contributed by atoms with E-state index in [0.717, 1.165) is 12.5 Å². The molecule has 102 valence electrons. The van der Waals surface area contributed by atoms with E-state index < -0.39 is 0 Å². The smallest absolute Gasteiger partial charge is 0.0255 e. The Labute approximate surface area is 120 Å². The minimum Gasteiger partial charge on any atom is -0.307 e. The van der Waals surface area contributed by atoms with E-state index in [1.54, 1.807) is 5.57 Å². The topological polar surface area (TPSA) is 12.0 Å². The van der Waals surface area contributed by atoms with Crippen LogP contribution in [0.15, 0.2) is 54.1 Å². The molecule has 2 atom stereocenters. The second-order valence-electron chi connectivity index (χ2n) is 6.25. The zero-order chi connectivity index (χ0) is 13.4. The molecule has 0 spiro atoms. The maximum atomic E-state index is 3.73. The van der Waals surface area contributed by atoms with Crippen molar-refractivity contribution in [3.63, 3.8) is 0 Å². The molecule has 20 heavy (non-hydrogen) atoms. The van der Waals surface area contributed by atoms with E-state index in [9.17, 15) is 0 Å². The molecule has 1 N–H and O–H groups in total. The van der Waals surface area contributed by atoms with Crippen molar-refractivity contribution in [3.8, 4) is 0 Å². The molecule has 0 aromatic heterocycles. The van der Waals surface area contributed by atoms with Gasteiger partial charge in [0.15, 0.2) is 0 Å². The average molecular weight is 263 g/mol. The predicted molar refractivity (Wildman–Crippen MR) is 84.9 cm³/mol. The van der Waals surface area contributed by atoms with E-state index in [1.807, 2.05) is 0 Å². The first-order valence-corrected chi connectivity index (χ1v) is 7.81. The maximum absolute atomic E-state index is 3.73. The number of hydrogen-bond acceptors (Lipinski definition) is 1. The Bertz CT molecular complexity index is 650. The van der Waals surface area contributed by atoms with Crippen LogP contribution in [0.25, 0.3) is 10.8 Å². The van der Waals surface area contributed by atoms with Gasteiger partial charge in [0, 0.05) is 12.1 Å². The van der Waals surface area contributed by atoms with Crippen molar-refractivity contribution in [1.29, 1.82) is 0 Å². The lowest BCUT2D eigenvalue weighted by molar-refractivity contribution is 0.333. The third kappa shape index (κ3) is 2.27. The molecule has 2 aliphatic rings. The minimum absolute atomic E-state index is 0.632. The van der Waals surface area contributed by atoms with Crippen LogP contribution in [0.1, 0.15) is 31.2 Å². The zero-order valence-corrected chi connectivity index (χ0v) is 11.8. The predicted octanol–water partition coefficient (Wildman–Crippen LogP) is 4.22. The lowest BCUT2D eigenvalue weighted by Gasteiger charge is -2.35. The summed E-state index contributed by atoms with van der Waals surface area (Å²) < 4.78 is 0. The molecule has 0 saturated carbocycles. The lowest BCUT2D eigenvalue weighted by atomic mass is 9.84. The molecule has 1 heteroatoms. The Balaban J connectivity index is 1.66. The highest BCUT2D eigenvalue weighted by Gasteiger charge is 2.25. The van der Waals surface area contributed by atoms with Crippen molar-refractivity contribution >= 4 is 10.8 Å². The molecule has 2 aromatic rings. The van der Waals surface area contributed by atoms with Crippen LogP contribution >= 0.6 is 0 Å². The molecule has 2 heterocycles. The summed E-state index contributed by atoms with van der Waals surface area (Å²) in [4.78, 5) is 0. The van der Waals surface area contributed by atoms with Crippen molar-refractivity contribution in [2.24, 2.45) is 0 Å². The molecular weight excluding hydrogens is 242 g/mol. The molecular formula is C19H21N. The lowest BCUT2D eigenvalue weighted by Crippen LogP contribution is -2.44. The highest BCUT2D eigenvalue weighted by atomic mass is 15.0. The fourth-order valence-electron chi connectivity index (χ4n) is 3.84. The summed E-state index contributed by atoms with van der Waals surface area (Å²) in [5.41, 5.74) is 3.11. The Hall–Kier alpha value is -1.60. The molecule has 0 aliphatic carbocycles. The SMILES string of the molecule is C1=C(Cc2cccc3ccccc23)CC2CCCC1N2. The standard InChI is InChI=1S/C19H21N/c1-2-10-19-15(5-1)6-3-7-16(19)11-14-12-17-8-4-9-18(13-14)20-17/h1-3,5-7,10,12,17-18,20H,4,8-9,11,13H2. The molecule has 2 unspecified atom stereocenters. The van der Waals surface area contributed by atoms with Gasteiger partial charge in [-0.05, 0) is 42.0 Å². The molecule has 0 radical (unpaired) electrons. The number of piperidine rings is 1. The largest absolute Gasteiger partial charge is 0.307 e. The normalized spacial score (nSPS) is 25.5. The van der Waals surface area contributed by atoms with Crippen molar-refractivity contribution in [2.75, 3.05) is 0 Å². The van der Waals surface area contributed by atoms with Gasteiger partial charge in [0.2, 0.25) is 0 Å². The Morgan fingerprint density at radius 3 is 2.85 bits per heavy atom. The van der Waals surface area contributed by atoms with Gasteiger partial charge in [-0.25, -0.2) is 0 Å². The van der Waals surface area contributed by atoms with E-state index in [1.165, 1.54) is 42.0 Å². The highest BCUT2D eigenvalue weighted by Crippen LogP contribution is 2.29. The van der Waals surface area contributed by atoms with Gasteiger partial charge in [0.25, 0.3) is 0 Å². The Morgan fingerprint density at radius 2 is 1.90 bits per heavy atom. The number of fused-ring (bicyclic) bond motifs is 3. The summed E-state index contributed by atoms with van der Waals surface area (Å²) in [6, 6.07) is 16.8. The van der Waals surface area contributed by atoms with Gasteiger partial charge in [-0.1, -0.05) is 60.5 Å². The second kappa shape index (κ2) is 5.06. The van der Waals surface area contributed by atoms with Crippen LogP contribution in [0.2, 0.25) is 0 Å². The third-order valence-electron chi connectivity index (χ3n) is 4.76. The quantitative estimate of drug-likeness (QED) is 0.800. The third-order valence-corrected chi connectivity index (χ3v) is 4.76. The van der Waals surface area contributed by atoms with Crippen molar-refractivity contribution in [3.05, 3.63) is 59.7 Å². The first-order valence-electron chi connectivity index (χ1n) is 7.81. The maximum Gasteiger partial charge on any atom is 0.0255 e. The highest BCUT2D eigenvalue weighted by molar-refractivity contribution is 5.85. The first kappa shape index (κ1) is 12.2. The number of rotatable bonds is 2. The van der Waals surface area contributed by atoms with Crippen LogP contribution in [0, 0.1) is 0 Å². The monoisotopic (exact) mass is 263 g/mol. The summed E-state index contributed by atoms with van der Waals surface area (Å²) in [6.45, 7) is 0. The van der Waals surface area contributed by atoms with Gasteiger partial charge in [-0.2, -0.15) is 0 Å². The molecule has 1 saturated heterocycles. The van der Waals surface area contributed by atoms with Crippen LogP contribution in [0.3, 0.4) is 0 Å². The van der Waals surface area contributed by atoms with Crippen LogP contribution in [0.4, 0.5) is 0 Å². The van der Waals surface area contributed by atoms with Crippen LogP contribution in [-0.2, 0) is 6.42 Å². The average Bonchev–Trinajstić information content (AvgIpc) is 2.47. The Morgan fingerprint density at radius 1 is 1.00 bits per heavy atom. The van der Waals surface area contributed by atoms with Crippen molar-refractivity contribution < 1.29 is 0 Å². The van der Waals surface area contributed by atoms with Gasteiger partial charge in [-0.3, -0.25) is 0 Å². The van der Waals surface area contributed by atoms with Gasteiger partial charge >= 0.3 is 0 Å². The van der Waals surface area contributed by atoms with E-state index in [2.05, 4.69) is 53.9 Å². The summed E-state index contributed by atoms with van der Waals surface area (Å²) in [5.74, 6) is 0. The van der Waals surface area contributed by atoms with E-state index >= 15 is 0 Å². The summed E-state index contributed by atoms with van der Waals surface area (Å²) in [6.07, 6.45) is 8.91. The summed E-state index contributed by atoms with van der Waals surface area (Å²) in [5, 5.41) is 6.51.